The Balaban J connectivity index is 1.51. The molecule has 52 heavy (non-hydrogen) atoms. The van der Waals surface area contributed by atoms with Crippen molar-refractivity contribution in [3.8, 4) is 6.07 Å². The lowest BCUT2D eigenvalue weighted by Crippen LogP contribution is -2.46. The van der Waals surface area contributed by atoms with Gasteiger partial charge in [-0.1, -0.05) is 74.0 Å². The van der Waals surface area contributed by atoms with Crippen LogP contribution in [0.1, 0.15) is 84.6 Å². The number of aliphatic hydroxyl groups excluding tert-OH is 1. The van der Waals surface area contributed by atoms with Crippen LogP contribution < -0.4 is 10.6 Å². The zero-order chi connectivity index (χ0) is 38.0. The summed E-state index contributed by atoms with van der Waals surface area (Å²) in [6.45, 7) is 21.0. The van der Waals surface area contributed by atoms with Gasteiger partial charge in [-0.3, -0.25) is 9.88 Å². The number of aliphatic hydroxyl groups is 1. The van der Waals surface area contributed by atoms with E-state index in [-0.39, 0.29) is 27.6 Å². The van der Waals surface area contributed by atoms with Gasteiger partial charge in [0.05, 0.1) is 51.2 Å². The molecule has 0 saturated carbocycles. The van der Waals surface area contributed by atoms with Crippen LogP contribution in [0.15, 0.2) is 78.7 Å². The van der Waals surface area contributed by atoms with Crippen LogP contribution in [0.2, 0.25) is 10.0 Å². The van der Waals surface area contributed by atoms with Crippen LogP contribution in [0, 0.1) is 22.6 Å². The van der Waals surface area contributed by atoms with Gasteiger partial charge in [-0.15, -0.1) is 5.10 Å². The predicted molar refractivity (Wildman–Crippen MR) is 210 cm³/mol. The van der Waals surface area contributed by atoms with Gasteiger partial charge in [-0.25, -0.2) is 9.07 Å². The number of rotatable bonds is 10. The largest absolute Gasteiger partial charge is 0.388 e. The van der Waals surface area contributed by atoms with Gasteiger partial charge in [-0.2, -0.15) is 5.26 Å². The van der Waals surface area contributed by atoms with Crippen molar-refractivity contribution in [2.45, 2.75) is 85.0 Å². The molecule has 1 aliphatic heterocycles. The van der Waals surface area contributed by atoms with E-state index in [0.29, 0.717) is 44.3 Å². The van der Waals surface area contributed by atoms with Gasteiger partial charge in [0.1, 0.15) is 17.6 Å². The number of nitrogens with one attached hydrogen (secondary N) is 2. The van der Waals surface area contributed by atoms with Crippen LogP contribution in [0.3, 0.4) is 0 Å². The van der Waals surface area contributed by atoms with Crippen LogP contribution in [0.5, 0.6) is 0 Å². The Labute approximate surface area is 315 Å². The summed E-state index contributed by atoms with van der Waals surface area (Å²) in [5.41, 5.74) is 4.31. The summed E-state index contributed by atoms with van der Waals surface area (Å²) < 4.78 is 15.9. The lowest BCUT2D eigenvalue weighted by molar-refractivity contribution is 0.0866. The monoisotopic (exact) mass is 744 g/mol. The topological polar surface area (TPSA) is 115 Å². The molecule has 0 spiro atoms. The van der Waals surface area contributed by atoms with E-state index in [1.807, 2.05) is 62.9 Å². The number of anilines is 3. The highest BCUT2D eigenvalue weighted by molar-refractivity contribution is 6.36. The van der Waals surface area contributed by atoms with Crippen molar-refractivity contribution in [1.29, 1.82) is 5.26 Å². The first kappa shape index (κ1) is 38.9. The van der Waals surface area contributed by atoms with E-state index >= 15 is 0 Å². The Bertz CT molecular complexity index is 2050. The first-order valence-electron chi connectivity index (χ1n) is 17.4. The zero-order valence-electron chi connectivity index (χ0n) is 30.8. The summed E-state index contributed by atoms with van der Waals surface area (Å²) in [6.07, 6.45) is 10.4. The summed E-state index contributed by atoms with van der Waals surface area (Å²) in [5.74, 6) is -0.550. The van der Waals surface area contributed by atoms with E-state index in [4.69, 9.17) is 23.2 Å². The highest BCUT2D eigenvalue weighted by Gasteiger charge is 2.29. The Hall–Kier alpha value is -4.27. The molecule has 1 aliphatic rings. The molecule has 2 aromatic carbocycles. The second-order valence-electron chi connectivity index (χ2n) is 15.5. The average Bonchev–Trinajstić information content (AvgIpc) is 3.58. The number of allylic oxidation sites excluding steroid dienone is 2. The van der Waals surface area contributed by atoms with E-state index in [1.165, 1.54) is 24.4 Å². The quantitative estimate of drug-likeness (QED) is 0.138. The smallest absolute Gasteiger partial charge is 0.141 e. The number of hydrogen-bond donors (Lipinski definition) is 3. The molecule has 0 amide bonds. The molecule has 274 valence electrons. The third kappa shape index (κ3) is 9.02. The Kier molecular flexibility index (Phi) is 11.8. The fourth-order valence-electron chi connectivity index (χ4n) is 6.40. The van der Waals surface area contributed by atoms with E-state index in [1.54, 1.807) is 6.07 Å². The van der Waals surface area contributed by atoms with Crippen molar-refractivity contribution in [1.82, 2.24) is 24.9 Å². The van der Waals surface area contributed by atoms with E-state index in [0.717, 1.165) is 31.5 Å². The molecule has 2 aromatic heterocycles. The summed E-state index contributed by atoms with van der Waals surface area (Å²) >= 11 is 12.9. The Morgan fingerprint density at radius 3 is 2.42 bits per heavy atom. The molecule has 0 aliphatic carbocycles. The minimum Gasteiger partial charge on any atom is -0.388 e. The van der Waals surface area contributed by atoms with Crippen LogP contribution in [0.4, 0.5) is 21.5 Å². The molecule has 4 aromatic rings. The van der Waals surface area contributed by atoms with Crippen molar-refractivity contribution in [2.75, 3.05) is 23.7 Å². The summed E-state index contributed by atoms with van der Waals surface area (Å²) in [7, 11) is 0. The predicted octanol–water partition coefficient (Wildman–Crippen LogP) is 9.94. The van der Waals surface area contributed by atoms with Crippen molar-refractivity contribution < 1.29 is 9.50 Å². The van der Waals surface area contributed by atoms with Crippen molar-refractivity contribution in [3.05, 3.63) is 106 Å². The van der Waals surface area contributed by atoms with Gasteiger partial charge in [0.2, 0.25) is 0 Å². The number of benzene rings is 2. The molecular formula is C40H47Cl2FN8O. The summed E-state index contributed by atoms with van der Waals surface area (Å²) in [4.78, 5) is 6.96. The molecule has 12 heteroatoms. The standard InChI is InChI=1S/C40H47Cl2FN8O/c1-24(10-9-11-25(2)38(52)39(3,4)5)35(34-23-51(49-48-34)29-14-16-50(17-15-29)40(6,7)8)47-28-18-30-36(46-27-12-13-33(43)31(41)19-27)26(21-44)22-45-37(30)32(42)20-28/h9-13,18-20,22-23,29,35,38,47,52H,1,14-17H2,2-8H3,(H,45,46)/b10-9-,25-11+/t35-,38?/m0/s1. The van der Waals surface area contributed by atoms with Gasteiger partial charge in [-0.05, 0) is 87.4 Å². The molecule has 2 atom stereocenters. The summed E-state index contributed by atoms with van der Waals surface area (Å²) in [5, 5.41) is 37.6. The molecule has 0 radical (unpaired) electrons. The maximum atomic E-state index is 13.9. The summed E-state index contributed by atoms with van der Waals surface area (Å²) in [6, 6.07) is 9.74. The molecule has 3 N–H and O–H groups in total. The fourth-order valence-corrected chi connectivity index (χ4v) is 6.85. The maximum absolute atomic E-state index is 13.9. The molecule has 1 unspecified atom stereocenters. The Morgan fingerprint density at radius 2 is 1.79 bits per heavy atom. The van der Waals surface area contributed by atoms with Gasteiger partial charge in [0, 0.05) is 41.6 Å². The van der Waals surface area contributed by atoms with Crippen LogP contribution in [0.25, 0.3) is 10.9 Å². The van der Waals surface area contributed by atoms with Crippen LogP contribution >= 0.6 is 23.2 Å². The lowest BCUT2D eigenvalue weighted by atomic mass is 9.85. The minimum atomic E-state index is -0.607. The number of nitriles is 1. The number of aromatic nitrogens is 4. The van der Waals surface area contributed by atoms with Gasteiger partial charge in [0.25, 0.3) is 0 Å². The van der Waals surface area contributed by atoms with Gasteiger partial charge >= 0.3 is 0 Å². The highest BCUT2D eigenvalue weighted by Crippen LogP contribution is 2.37. The molecule has 5 rings (SSSR count). The molecule has 0 bridgehead atoms. The third-order valence-corrected chi connectivity index (χ3v) is 10.0. The maximum Gasteiger partial charge on any atom is 0.141 e. The molecule has 1 fully saturated rings. The van der Waals surface area contributed by atoms with Gasteiger partial charge in [0.15, 0.2) is 0 Å². The lowest BCUT2D eigenvalue weighted by Gasteiger charge is -2.40. The first-order chi connectivity index (χ1) is 24.5. The average molecular weight is 746 g/mol. The SMILES string of the molecule is C=C(/C=C\C=C(/C)C(O)C(C)(C)C)[C@H](Nc1cc(Cl)c2ncc(C#N)c(Nc3ccc(F)c(Cl)c3)c2c1)c1cn(C2CCN(C(C)(C)C)CC2)nn1. The fraction of sp³-hybridized carbons (Fsp3) is 0.400. The number of halogens is 3. The van der Waals surface area contributed by atoms with Crippen molar-refractivity contribution >= 4 is 51.2 Å². The first-order valence-corrected chi connectivity index (χ1v) is 18.1. The third-order valence-electron chi connectivity index (χ3n) is 9.45. The number of piperidine rings is 1. The molecule has 1 saturated heterocycles. The molecular weight excluding hydrogens is 698 g/mol. The van der Waals surface area contributed by atoms with Crippen LogP contribution in [-0.4, -0.2) is 54.7 Å². The highest BCUT2D eigenvalue weighted by atomic mass is 35.5. The zero-order valence-corrected chi connectivity index (χ0v) is 32.3. The number of likely N-dealkylation sites (tertiary alicyclic amines) is 1. The van der Waals surface area contributed by atoms with Crippen LogP contribution in [-0.2, 0) is 0 Å². The normalized spacial score (nSPS) is 16.2. The van der Waals surface area contributed by atoms with E-state index in [9.17, 15) is 14.8 Å². The molecule has 9 nitrogen and oxygen atoms in total. The van der Waals surface area contributed by atoms with Gasteiger partial charge < -0.3 is 15.7 Å². The number of hydrogen-bond acceptors (Lipinski definition) is 8. The van der Waals surface area contributed by atoms with Crippen molar-refractivity contribution in [3.63, 3.8) is 0 Å². The Morgan fingerprint density at radius 1 is 1.10 bits per heavy atom. The number of nitrogens with zero attached hydrogens (tertiary/aromatic N) is 6. The minimum absolute atomic E-state index is 0.0533. The molecule has 3 heterocycles. The van der Waals surface area contributed by atoms with E-state index in [2.05, 4.69) is 64.2 Å². The number of pyridine rings is 1. The number of fused-ring (bicyclic) bond motifs is 1. The second kappa shape index (κ2) is 15.8. The van der Waals surface area contributed by atoms with E-state index < -0.39 is 18.0 Å². The van der Waals surface area contributed by atoms with Crippen molar-refractivity contribution in [2.24, 2.45) is 5.41 Å². The second-order valence-corrected chi connectivity index (χ2v) is 16.3.